The number of hydrogen-bond donors (Lipinski definition) is 2. The minimum atomic E-state index is -0.418. The molecule has 2 aliphatic rings. The second-order valence-electron chi connectivity index (χ2n) is 12.9. The van der Waals surface area contributed by atoms with Crippen LogP contribution in [0.25, 0.3) is 0 Å². The molecule has 0 unspecified atom stereocenters. The SMILES string of the molecule is C[C@@H]1CCCCO[C@H](CN(C)CC2CCCCC2)[C@@H](C)CN([C@H](C)CO)C(=O)c2cc(NC(=O)c3ccncc3)ccc2O1. The monoisotopic (exact) mass is 608 g/mol. The second kappa shape index (κ2) is 16.9. The molecule has 0 radical (unpaired) electrons. The van der Waals surface area contributed by atoms with Crippen LogP contribution in [0.5, 0.6) is 5.75 Å². The van der Waals surface area contributed by atoms with Crippen molar-refractivity contribution in [3.8, 4) is 5.75 Å². The molecule has 1 aromatic carbocycles. The lowest BCUT2D eigenvalue weighted by atomic mass is 9.89. The van der Waals surface area contributed by atoms with Gasteiger partial charge in [-0.1, -0.05) is 26.2 Å². The van der Waals surface area contributed by atoms with Gasteiger partial charge in [-0.25, -0.2) is 0 Å². The zero-order chi connectivity index (χ0) is 31.5. The molecular weight excluding hydrogens is 556 g/mol. The Morgan fingerprint density at radius 3 is 2.52 bits per heavy atom. The summed E-state index contributed by atoms with van der Waals surface area (Å²) in [6.45, 7) is 8.80. The Balaban J connectivity index is 1.59. The molecule has 2 amide bonds. The van der Waals surface area contributed by atoms with Gasteiger partial charge in [0.25, 0.3) is 11.8 Å². The highest BCUT2D eigenvalue weighted by Gasteiger charge is 2.31. The van der Waals surface area contributed by atoms with E-state index in [9.17, 15) is 14.7 Å². The number of nitrogens with one attached hydrogen (secondary N) is 1. The summed E-state index contributed by atoms with van der Waals surface area (Å²) in [4.78, 5) is 35.3. The van der Waals surface area contributed by atoms with E-state index in [4.69, 9.17) is 9.47 Å². The molecule has 1 aliphatic carbocycles. The number of aliphatic hydroxyl groups excluding tert-OH is 1. The van der Waals surface area contributed by atoms with Gasteiger partial charge in [-0.15, -0.1) is 0 Å². The molecule has 44 heavy (non-hydrogen) atoms. The first-order valence-electron chi connectivity index (χ1n) is 16.5. The standard InChI is InChI=1S/C35H52N4O5/c1-25-21-39(26(2)24-40)35(42)31-20-30(37-34(41)29-15-17-36-18-16-29)13-14-32(31)44-27(3)10-8-9-19-43-33(25)23-38(4)22-28-11-6-5-7-12-28/h13-18,20,25-28,33,40H,5-12,19,21-24H2,1-4H3,(H,37,41)/t25-,26+,27+,33+/m0/s1. The van der Waals surface area contributed by atoms with Gasteiger partial charge in [0.2, 0.25) is 0 Å². The number of nitrogens with zero attached hydrogens (tertiary/aromatic N) is 3. The third kappa shape index (κ3) is 9.74. The topological polar surface area (TPSA) is 104 Å². The molecule has 0 spiro atoms. The van der Waals surface area contributed by atoms with Crippen LogP contribution in [0.2, 0.25) is 0 Å². The summed E-state index contributed by atoms with van der Waals surface area (Å²) in [5, 5.41) is 13.1. The maximum Gasteiger partial charge on any atom is 0.258 e. The van der Waals surface area contributed by atoms with Gasteiger partial charge in [0.15, 0.2) is 0 Å². The lowest BCUT2D eigenvalue weighted by Crippen LogP contribution is -2.47. The summed E-state index contributed by atoms with van der Waals surface area (Å²) in [7, 11) is 2.19. The number of amides is 2. The van der Waals surface area contributed by atoms with Crippen LogP contribution in [0.4, 0.5) is 5.69 Å². The molecular formula is C35H52N4O5. The minimum absolute atomic E-state index is 0.0302. The highest BCUT2D eigenvalue weighted by Crippen LogP contribution is 2.29. The number of benzene rings is 1. The van der Waals surface area contributed by atoms with Gasteiger partial charge >= 0.3 is 0 Å². The van der Waals surface area contributed by atoms with Gasteiger partial charge in [-0.05, 0) is 89.2 Å². The number of hydrogen-bond acceptors (Lipinski definition) is 7. The highest BCUT2D eigenvalue weighted by atomic mass is 16.5. The number of anilines is 1. The molecule has 242 valence electrons. The Hall–Kier alpha value is -3.01. The van der Waals surface area contributed by atoms with Crippen molar-refractivity contribution in [2.75, 3.05) is 45.2 Å². The zero-order valence-corrected chi connectivity index (χ0v) is 27.0. The van der Waals surface area contributed by atoms with E-state index in [0.717, 1.165) is 38.3 Å². The van der Waals surface area contributed by atoms with E-state index in [1.54, 1.807) is 47.6 Å². The van der Waals surface area contributed by atoms with Crippen LogP contribution in [0.3, 0.4) is 0 Å². The van der Waals surface area contributed by atoms with E-state index in [2.05, 4.69) is 29.2 Å². The Morgan fingerprint density at radius 2 is 1.80 bits per heavy atom. The van der Waals surface area contributed by atoms with Gasteiger partial charge in [0.1, 0.15) is 5.75 Å². The Kier molecular flexibility index (Phi) is 13.0. The quantitative estimate of drug-likeness (QED) is 0.400. The van der Waals surface area contributed by atoms with Crippen molar-refractivity contribution >= 4 is 17.5 Å². The lowest BCUT2D eigenvalue weighted by Gasteiger charge is -2.36. The van der Waals surface area contributed by atoms with E-state index < -0.39 is 6.04 Å². The average Bonchev–Trinajstić information content (AvgIpc) is 3.03. The fourth-order valence-electron chi connectivity index (χ4n) is 6.36. The molecule has 4 rings (SSSR count). The van der Waals surface area contributed by atoms with E-state index in [1.165, 1.54) is 32.1 Å². The van der Waals surface area contributed by atoms with Crippen LogP contribution >= 0.6 is 0 Å². The van der Waals surface area contributed by atoms with Gasteiger partial charge in [0.05, 0.1) is 30.4 Å². The second-order valence-corrected chi connectivity index (χ2v) is 12.9. The Morgan fingerprint density at radius 1 is 1.07 bits per heavy atom. The number of likely N-dealkylation sites (N-methyl/N-ethyl adjacent to an activating group) is 1. The minimum Gasteiger partial charge on any atom is -0.490 e. The molecule has 9 nitrogen and oxygen atoms in total. The summed E-state index contributed by atoms with van der Waals surface area (Å²) in [5.41, 5.74) is 1.33. The summed E-state index contributed by atoms with van der Waals surface area (Å²) in [6, 6.07) is 8.07. The van der Waals surface area contributed by atoms with Crippen LogP contribution in [0.15, 0.2) is 42.7 Å². The Labute approximate surface area is 263 Å². The maximum atomic E-state index is 14.3. The third-order valence-electron chi connectivity index (χ3n) is 9.04. The van der Waals surface area contributed by atoms with Crippen molar-refractivity contribution < 1.29 is 24.2 Å². The first-order chi connectivity index (χ1) is 21.2. The molecule has 2 aromatic rings. The third-order valence-corrected chi connectivity index (χ3v) is 9.04. The van der Waals surface area contributed by atoms with Crippen molar-refractivity contribution in [3.05, 3.63) is 53.9 Å². The lowest BCUT2D eigenvalue weighted by molar-refractivity contribution is -0.0190. The first kappa shape index (κ1) is 33.9. The highest BCUT2D eigenvalue weighted by molar-refractivity contribution is 6.05. The fourth-order valence-corrected chi connectivity index (χ4v) is 6.36. The predicted octanol–water partition coefficient (Wildman–Crippen LogP) is 5.64. The summed E-state index contributed by atoms with van der Waals surface area (Å²) in [6.07, 6.45) is 12.3. The number of carbonyl (C=O) groups is 2. The van der Waals surface area contributed by atoms with Crippen molar-refractivity contribution in [1.29, 1.82) is 0 Å². The van der Waals surface area contributed by atoms with Crippen LogP contribution in [0, 0.1) is 11.8 Å². The zero-order valence-electron chi connectivity index (χ0n) is 27.0. The molecule has 2 heterocycles. The molecule has 2 N–H and O–H groups in total. The largest absolute Gasteiger partial charge is 0.490 e. The first-order valence-corrected chi connectivity index (χ1v) is 16.5. The van der Waals surface area contributed by atoms with Crippen molar-refractivity contribution in [2.24, 2.45) is 11.8 Å². The average molecular weight is 609 g/mol. The molecule has 1 aromatic heterocycles. The van der Waals surface area contributed by atoms with E-state index in [-0.39, 0.29) is 36.5 Å². The van der Waals surface area contributed by atoms with Gasteiger partial charge in [-0.2, -0.15) is 0 Å². The van der Waals surface area contributed by atoms with Gasteiger partial charge in [0, 0.05) is 55.8 Å². The number of aromatic nitrogens is 1. The molecule has 1 saturated carbocycles. The normalized spacial score (nSPS) is 23.4. The molecule has 4 atom stereocenters. The summed E-state index contributed by atoms with van der Waals surface area (Å²) in [5.74, 6) is 0.710. The summed E-state index contributed by atoms with van der Waals surface area (Å²) >= 11 is 0. The predicted molar refractivity (Wildman–Crippen MR) is 173 cm³/mol. The van der Waals surface area contributed by atoms with E-state index >= 15 is 0 Å². The number of fused-ring (bicyclic) bond motifs is 1. The number of pyridine rings is 1. The molecule has 1 aliphatic heterocycles. The number of ether oxygens (including phenoxy) is 2. The molecule has 1 fully saturated rings. The van der Waals surface area contributed by atoms with Crippen LogP contribution in [0.1, 0.15) is 92.9 Å². The van der Waals surface area contributed by atoms with Crippen LogP contribution in [-0.4, -0.2) is 89.9 Å². The van der Waals surface area contributed by atoms with Gasteiger partial charge < -0.3 is 29.7 Å². The van der Waals surface area contributed by atoms with Crippen molar-refractivity contribution in [2.45, 2.75) is 90.4 Å². The van der Waals surface area contributed by atoms with E-state index in [0.29, 0.717) is 35.7 Å². The van der Waals surface area contributed by atoms with Crippen molar-refractivity contribution in [3.63, 3.8) is 0 Å². The number of aliphatic hydroxyl groups is 1. The maximum absolute atomic E-state index is 14.3. The van der Waals surface area contributed by atoms with E-state index in [1.807, 2.05) is 13.8 Å². The Bertz CT molecular complexity index is 1190. The smallest absolute Gasteiger partial charge is 0.258 e. The summed E-state index contributed by atoms with van der Waals surface area (Å²) < 4.78 is 12.8. The molecule has 9 heteroatoms. The molecule has 0 saturated heterocycles. The van der Waals surface area contributed by atoms with Crippen LogP contribution in [-0.2, 0) is 4.74 Å². The van der Waals surface area contributed by atoms with Gasteiger partial charge in [-0.3, -0.25) is 14.6 Å². The number of rotatable bonds is 8. The fraction of sp³-hybridized carbons (Fsp3) is 0.629. The molecule has 0 bridgehead atoms. The van der Waals surface area contributed by atoms with Crippen LogP contribution < -0.4 is 10.1 Å². The van der Waals surface area contributed by atoms with Crippen molar-refractivity contribution in [1.82, 2.24) is 14.8 Å². The number of carbonyl (C=O) groups excluding carboxylic acids is 2.